The Labute approximate surface area is 132 Å². The number of hydrogen-bond donors (Lipinski definition) is 4. The second kappa shape index (κ2) is 8.84. The molecule has 8 heteroatoms. The Hall–Kier alpha value is -1.34. The fourth-order valence-electron chi connectivity index (χ4n) is 1.61. The summed E-state index contributed by atoms with van der Waals surface area (Å²) in [6, 6.07) is 3.66. The molecule has 1 aromatic carbocycles. The van der Waals surface area contributed by atoms with Crippen LogP contribution < -0.4 is 16.4 Å². The van der Waals surface area contributed by atoms with Gasteiger partial charge >= 0.3 is 5.97 Å². The highest BCUT2D eigenvalue weighted by Crippen LogP contribution is 2.25. The van der Waals surface area contributed by atoms with Crippen molar-refractivity contribution in [2.24, 2.45) is 5.73 Å². The molecule has 0 aromatic heterocycles. The van der Waals surface area contributed by atoms with Crippen molar-refractivity contribution in [2.75, 3.05) is 18.4 Å². The largest absolute Gasteiger partial charge is 0.480 e. The van der Waals surface area contributed by atoms with Gasteiger partial charge in [-0.1, -0.05) is 23.2 Å². The van der Waals surface area contributed by atoms with Gasteiger partial charge in [0.15, 0.2) is 0 Å². The van der Waals surface area contributed by atoms with Gasteiger partial charge in [-0.05, 0) is 37.7 Å². The number of benzene rings is 1. The van der Waals surface area contributed by atoms with Crippen molar-refractivity contribution in [1.82, 2.24) is 5.32 Å². The second-order valence-corrected chi connectivity index (χ2v) is 5.21. The van der Waals surface area contributed by atoms with Crippen LogP contribution in [0.1, 0.15) is 12.8 Å². The number of carbonyl (C=O) groups excluding carboxylic acids is 1. The van der Waals surface area contributed by atoms with Crippen molar-refractivity contribution in [3.63, 3.8) is 0 Å². The van der Waals surface area contributed by atoms with Crippen LogP contribution in [0.4, 0.5) is 5.69 Å². The summed E-state index contributed by atoms with van der Waals surface area (Å²) in [5, 5.41) is 15.1. The first-order valence-electron chi connectivity index (χ1n) is 6.35. The summed E-state index contributed by atoms with van der Waals surface area (Å²) in [5.41, 5.74) is 5.68. The van der Waals surface area contributed by atoms with Crippen molar-refractivity contribution < 1.29 is 14.7 Å². The SMILES string of the molecule is NCCCN[C@H](CC(=O)Nc1cc(Cl)ccc1Cl)C(=O)O. The van der Waals surface area contributed by atoms with Gasteiger partial charge in [0.05, 0.1) is 17.1 Å². The maximum atomic E-state index is 11.9. The molecule has 6 nitrogen and oxygen atoms in total. The zero-order chi connectivity index (χ0) is 15.8. The normalized spacial score (nSPS) is 12.0. The van der Waals surface area contributed by atoms with Crippen LogP contribution >= 0.6 is 23.2 Å². The van der Waals surface area contributed by atoms with Gasteiger partial charge in [-0.25, -0.2) is 0 Å². The first-order chi connectivity index (χ1) is 9.93. The standard InChI is InChI=1S/C13H17Cl2N3O3/c14-8-2-3-9(15)10(6-8)18-12(19)7-11(13(20)21)17-5-1-4-16/h2-3,6,11,17H,1,4-5,7,16H2,(H,18,19)(H,20,21)/t11-/m1/s1. The number of amides is 1. The molecule has 21 heavy (non-hydrogen) atoms. The van der Waals surface area contributed by atoms with Gasteiger partial charge in [0.1, 0.15) is 6.04 Å². The summed E-state index contributed by atoms with van der Waals surface area (Å²) in [4.78, 5) is 23.0. The Morgan fingerprint density at radius 3 is 2.67 bits per heavy atom. The molecule has 0 spiro atoms. The first kappa shape index (κ1) is 17.7. The Morgan fingerprint density at radius 1 is 1.33 bits per heavy atom. The lowest BCUT2D eigenvalue weighted by Gasteiger charge is -2.14. The maximum absolute atomic E-state index is 11.9. The van der Waals surface area contributed by atoms with Crippen molar-refractivity contribution >= 4 is 40.8 Å². The number of anilines is 1. The highest BCUT2D eigenvalue weighted by molar-refractivity contribution is 6.35. The number of halogens is 2. The van der Waals surface area contributed by atoms with Crippen LogP contribution in [0.15, 0.2) is 18.2 Å². The third kappa shape index (κ3) is 6.31. The van der Waals surface area contributed by atoms with Crippen LogP contribution in [0.3, 0.4) is 0 Å². The molecule has 0 heterocycles. The van der Waals surface area contributed by atoms with Gasteiger partial charge in [-0.3, -0.25) is 9.59 Å². The summed E-state index contributed by atoms with van der Waals surface area (Å²) >= 11 is 11.7. The molecule has 1 amide bonds. The number of rotatable bonds is 8. The summed E-state index contributed by atoms with van der Waals surface area (Å²) in [5.74, 6) is -1.56. The van der Waals surface area contributed by atoms with Crippen molar-refractivity contribution in [1.29, 1.82) is 0 Å². The summed E-state index contributed by atoms with van der Waals surface area (Å²) in [7, 11) is 0. The van der Waals surface area contributed by atoms with Gasteiger partial charge in [0, 0.05) is 5.02 Å². The Morgan fingerprint density at radius 2 is 2.05 bits per heavy atom. The van der Waals surface area contributed by atoms with Gasteiger partial charge < -0.3 is 21.5 Å². The summed E-state index contributed by atoms with van der Waals surface area (Å²) in [6.07, 6.45) is 0.411. The minimum Gasteiger partial charge on any atom is -0.480 e. The van der Waals surface area contributed by atoms with E-state index in [1.807, 2.05) is 0 Å². The van der Waals surface area contributed by atoms with Crippen molar-refractivity contribution in [2.45, 2.75) is 18.9 Å². The van der Waals surface area contributed by atoms with E-state index in [0.717, 1.165) is 0 Å². The quantitative estimate of drug-likeness (QED) is 0.542. The first-order valence-corrected chi connectivity index (χ1v) is 7.10. The highest BCUT2D eigenvalue weighted by Gasteiger charge is 2.20. The van der Waals surface area contributed by atoms with E-state index in [1.54, 1.807) is 12.1 Å². The van der Waals surface area contributed by atoms with E-state index in [2.05, 4.69) is 10.6 Å². The van der Waals surface area contributed by atoms with Crippen molar-refractivity contribution in [3.05, 3.63) is 28.2 Å². The molecule has 0 unspecified atom stereocenters. The Bertz CT molecular complexity index is 511. The van der Waals surface area contributed by atoms with Crippen LogP contribution in [-0.4, -0.2) is 36.1 Å². The molecular weight excluding hydrogens is 317 g/mol. The number of hydrogen-bond acceptors (Lipinski definition) is 4. The molecule has 1 atom stereocenters. The average molecular weight is 334 g/mol. The van der Waals surface area contributed by atoms with Crippen LogP contribution in [0.2, 0.25) is 10.0 Å². The topological polar surface area (TPSA) is 104 Å². The second-order valence-electron chi connectivity index (χ2n) is 4.36. The Kier molecular flexibility index (Phi) is 7.45. The van der Waals surface area contributed by atoms with Gasteiger partial charge in [-0.2, -0.15) is 0 Å². The molecule has 0 saturated carbocycles. The molecule has 0 saturated heterocycles. The number of carboxylic acids is 1. The van der Waals surface area contributed by atoms with E-state index in [4.69, 9.17) is 34.0 Å². The van der Waals surface area contributed by atoms with E-state index in [1.165, 1.54) is 6.07 Å². The smallest absolute Gasteiger partial charge is 0.321 e. The minimum absolute atomic E-state index is 0.219. The van der Waals surface area contributed by atoms with Crippen LogP contribution in [0.25, 0.3) is 0 Å². The predicted octanol–water partition coefficient (Wildman–Crippen LogP) is 1.71. The number of nitrogens with two attached hydrogens (primary N) is 1. The highest BCUT2D eigenvalue weighted by atomic mass is 35.5. The zero-order valence-electron chi connectivity index (χ0n) is 11.2. The Balaban J connectivity index is 2.61. The van der Waals surface area contributed by atoms with E-state index in [9.17, 15) is 9.59 Å². The van der Waals surface area contributed by atoms with Crippen LogP contribution in [0.5, 0.6) is 0 Å². The third-order valence-corrected chi connectivity index (χ3v) is 3.23. The van der Waals surface area contributed by atoms with Gasteiger partial charge in [0.2, 0.25) is 5.91 Å². The molecule has 5 N–H and O–H groups in total. The predicted molar refractivity (Wildman–Crippen MR) is 82.8 cm³/mol. The average Bonchev–Trinajstić information content (AvgIpc) is 2.42. The van der Waals surface area contributed by atoms with Crippen molar-refractivity contribution in [3.8, 4) is 0 Å². The van der Waals surface area contributed by atoms with E-state index in [-0.39, 0.29) is 6.42 Å². The number of aliphatic carboxylic acids is 1. The molecule has 0 bridgehead atoms. The number of nitrogens with one attached hydrogen (secondary N) is 2. The maximum Gasteiger partial charge on any atom is 0.321 e. The molecule has 1 rings (SSSR count). The monoisotopic (exact) mass is 333 g/mol. The minimum atomic E-state index is -1.10. The molecule has 0 aliphatic rings. The fourth-order valence-corrected chi connectivity index (χ4v) is 1.94. The van der Waals surface area contributed by atoms with Crippen LogP contribution in [0, 0.1) is 0 Å². The fraction of sp³-hybridized carbons (Fsp3) is 0.385. The molecular formula is C13H17Cl2N3O3. The molecule has 0 aliphatic heterocycles. The number of carbonyl (C=O) groups is 2. The number of carboxylic acid groups (broad SMARTS) is 1. The van der Waals surface area contributed by atoms with Gasteiger partial charge in [0.25, 0.3) is 0 Å². The lowest BCUT2D eigenvalue weighted by atomic mass is 10.2. The molecule has 116 valence electrons. The van der Waals surface area contributed by atoms with Crippen LogP contribution in [-0.2, 0) is 9.59 Å². The lowest BCUT2D eigenvalue weighted by Crippen LogP contribution is -2.40. The lowest BCUT2D eigenvalue weighted by molar-refractivity contribution is -0.141. The molecule has 1 aromatic rings. The molecule has 0 radical (unpaired) electrons. The van der Waals surface area contributed by atoms with E-state index >= 15 is 0 Å². The molecule has 0 aliphatic carbocycles. The third-order valence-electron chi connectivity index (χ3n) is 2.66. The van der Waals surface area contributed by atoms with Gasteiger partial charge in [-0.15, -0.1) is 0 Å². The summed E-state index contributed by atoms with van der Waals surface area (Å²) in [6.45, 7) is 0.877. The molecule has 0 fully saturated rings. The van der Waals surface area contributed by atoms with E-state index < -0.39 is 17.9 Å². The van der Waals surface area contributed by atoms with E-state index in [0.29, 0.717) is 35.2 Å². The zero-order valence-corrected chi connectivity index (χ0v) is 12.7. The summed E-state index contributed by atoms with van der Waals surface area (Å²) < 4.78 is 0.